The molecule has 0 bridgehead atoms. The van der Waals surface area contributed by atoms with Crippen LogP contribution in [0.25, 0.3) is 0 Å². The predicted molar refractivity (Wildman–Crippen MR) is 53.3 cm³/mol. The van der Waals surface area contributed by atoms with Crippen LogP contribution in [0.1, 0.15) is 5.56 Å². The van der Waals surface area contributed by atoms with E-state index in [-0.39, 0.29) is 0 Å². The zero-order valence-corrected chi connectivity index (χ0v) is 8.72. The first-order valence-electron chi connectivity index (χ1n) is 4.11. The van der Waals surface area contributed by atoms with Crippen LogP contribution >= 0.6 is 0 Å². The van der Waals surface area contributed by atoms with Crippen molar-refractivity contribution in [3.8, 4) is 17.5 Å². The van der Waals surface area contributed by atoms with E-state index in [4.69, 9.17) is 19.4 Å². The van der Waals surface area contributed by atoms with E-state index in [0.717, 1.165) is 0 Å². The monoisotopic (exact) mass is 212 g/mol. The van der Waals surface area contributed by atoms with Gasteiger partial charge in [-0.2, -0.15) is 4.98 Å². The average Bonchev–Trinajstić information content (AvgIpc) is 2.28. The number of oxime groups is 1. The van der Waals surface area contributed by atoms with Crippen molar-refractivity contribution in [2.24, 2.45) is 5.16 Å². The first-order chi connectivity index (χ1) is 7.26. The molecule has 1 heterocycles. The van der Waals surface area contributed by atoms with Gasteiger partial charge in [-0.3, -0.25) is 0 Å². The average molecular weight is 212 g/mol. The molecule has 1 rings (SSSR count). The zero-order valence-electron chi connectivity index (χ0n) is 8.72. The van der Waals surface area contributed by atoms with Gasteiger partial charge in [0.1, 0.15) is 0 Å². The number of hydrogen-bond donors (Lipinski definition) is 1. The van der Waals surface area contributed by atoms with Crippen LogP contribution in [0, 0.1) is 0 Å². The van der Waals surface area contributed by atoms with E-state index in [0.29, 0.717) is 23.1 Å². The van der Waals surface area contributed by atoms with Crippen molar-refractivity contribution in [3.63, 3.8) is 0 Å². The van der Waals surface area contributed by atoms with E-state index >= 15 is 0 Å². The van der Waals surface area contributed by atoms with Gasteiger partial charge in [0.25, 0.3) is 5.88 Å². The van der Waals surface area contributed by atoms with E-state index in [2.05, 4.69) is 10.1 Å². The van der Waals surface area contributed by atoms with Gasteiger partial charge in [-0.1, -0.05) is 5.16 Å². The Balaban J connectivity index is 3.27. The summed E-state index contributed by atoms with van der Waals surface area (Å²) in [4.78, 5) is 4.03. The van der Waals surface area contributed by atoms with Gasteiger partial charge in [0.05, 0.1) is 33.1 Å². The Labute approximate surface area is 87.1 Å². The fraction of sp³-hybridized carbons (Fsp3) is 0.333. The molecule has 0 radical (unpaired) electrons. The quantitative estimate of drug-likeness (QED) is 0.456. The third-order valence-electron chi connectivity index (χ3n) is 1.75. The standard InChI is InChI=1S/C9H12N2O4/c1-13-7-4-6(5-10-12)8(14-2)11-9(7)15-3/h4-5,12H,1-3H3/b10-5-. The summed E-state index contributed by atoms with van der Waals surface area (Å²) in [7, 11) is 4.43. The number of rotatable bonds is 4. The van der Waals surface area contributed by atoms with E-state index in [9.17, 15) is 0 Å². The lowest BCUT2D eigenvalue weighted by atomic mass is 10.3. The Bertz CT molecular complexity index is 365. The molecule has 0 saturated carbocycles. The van der Waals surface area contributed by atoms with Gasteiger partial charge in [-0.15, -0.1) is 0 Å². The molecule has 1 aromatic rings. The number of hydrogen-bond acceptors (Lipinski definition) is 6. The smallest absolute Gasteiger partial charge is 0.260 e. The minimum atomic E-state index is 0.297. The van der Waals surface area contributed by atoms with Gasteiger partial charge in [0.2, 0.25) is 5.88 Å². The molecular formula is C9H12N2O4. The predicted octanol–water partition coefficient (Wildman–Crippen LogP) is 0.915. The summed E-state index contributed by atoms with van der Waals surface area (Å²) < 4.78 is 15.0. The largest absolute Gasteiger partial charge is 0.491 e. The molecule has 15 heavy (non-hydrogen) atoms. The molecule has 82 valence electrons. The van der Waals surface area contributed by atoms with E-state index in [1.54, 1.807) is 6.07 Å². The highest BCUT2D eigenvalue weighted by molar-refractivity contribution is 5.83. The van der Waals surface area contributed by atoms with E-state index < -0.39 is 0 Å². The summed E-state index contributed by atoms with van der Waals surface area (Å²) in [5, 5.41) is 11.3. The lowest BCUT2D eigenvalue weighted by Crippen LogP contribution is -2.00. The second-order valence-electron chi connectivity index (χ2n) is 2.54. The summed E-state index contributed by atoms with van der Waals surface area (Å²) >= 11 is 0. The third kappa shape index (κ3) is 2.28. The van der Waals surface area contributed by atoms with Gasteiger partial charge in [0.15, 0.2) is 5.75 Å². The number of pyridine rings is 1. The summed E-state index contributed by atoms with van der Waals surface area (Å²) in [5.74, 6) is 1.04. The molecule has 0 spiro atoms. The number of methoxy groups -OCH3 is 3. The summed E-state index contributed by atoms with van der Waals surface area (Å²) in [6.07, 6.45) is 1.20. The highest BCUT2D eigenvalue weighted by atomic mass is 16.5. The zero-order chi connectivity index (χ0) is 11.3. The lowest BCUT2D eigenvalue weighted by molar-refractivity contribution is 0.319. The van der Waals surface area contributed by atoms with Crippen LogP contribution in [0.2, 0.25) is 0 Å². The molecule has 0 saturated heterocycles. The van der Waals surface area contributed by atoms with Gasteiger partial charge in [-0.05, 0) is 0 Å². The number of nitrogens with zero attached hydrogens (tertiary/aromatic N) is 2. The van der Waals surface area contributed by atoms with Gasteiger partial charge >= 0.3 is 0 Å². The minimum absolute atomic E-state index is 0.297. The Hall–Kier alpha value is -1.98. The molecule has 6 nitrogen and oxygen atoms in total. The van der Waals surface area contributed by atoms with Crippen LogP contribution < -0.4 is 14.2 Å². The Morgan fingerprint density at radius 1 is 1.20 bits per heavy atom. The Morgan fingerprint density at radius 2 is 1.87 bits per heavy atom. The first-order valence-corrected chi connectivity index (χ1v) is 4.11. The fourth-order valence-electron chi connectivity index (χ4n) is 1.09. The number of aromatic nitrogens is 1. The SMILES string of the molecule is COc1cc(/C=N\O)c(OC)nc1OC. The molecule has 0 unspecified atom stereocenters. The van der Waals surface area contributed by atoms with Gasteiger partial charge in [0, 0.05) is 6.07 Å². The van der Waals surface area contributed by atoms with Crippen LogP contribution in [0.3, 0.4) is 0 Å². The van der Waals surface area contributed by atoms with Crippen LogP contribution in [0.5, 0.6) is 17.5 Å². The maximum Gasteiger partial charge on any atom is 0.260 e. The van der Waals surface area contributed by atoms with Crippen molar-refractivity contribution in [3.05, 3.63) is 11.6 Å². The lowest BCUT2D eigenvalue weighted by Gasteiger charge is -2.09. The molecule has 0 aromatic carbocycles. The van der Waals surface area contributed by atoms with E-state index in [1.165, 1.54) is 27.5 Å². The van der Waals surface area contributed by atoms with Crippen molar-refractivity contribution in [2.45, 2.75) is 0 Å². The van der Waals surface area contributed by atoms with Gasteiger partial charge < -0.3 is 19.4 Å². The normalized spacial score (nSPS) is 10.3. The highest BCUT2D eigenvalue weighted by Crippen LogP contribution is 2.29. The Morgan fingerprint density at radius 3 is 2.33 bits per heavy atom. The van der Waals surface area contributed by atoms with Crippen LogP contribution in [0.4, 0.5) is 0 Å². The summed E-state index contributed by atoms with van der Waals surface area (Å²) in [6, 6.07) is 1.60. The molecular weight excluding hydrogens is 200 g/mol. The maximum atomic E-state index is 8.44. The molecule has 0 amide bonds. The van der Waals surface area contributed by atoms with Crippen LogP contribution in [-0.2, 0) is 0 Å². The second kappa shape index (κ2) is 5.04. The van der Waals surface area contributed by atoms with Crippen molar-refractivity contribution in [2.75, 3.05) is 21.3 Å². The fourth-order valence-corrected chi connectivity index (χ4v) is 1.09. The topological polar surface area (TPSA) is 73.2 Å². The molecule has 1 aromatic heterocycles. The molecule has 0 aliphatic heterocycles. The van der Waals surface area contributed by atoms with Crippen molar-refractivity contribution >= 4 is 6.21 Å². The van der Waals surface area contributed by atoms with E-state index in [1.807, 2.05) is 0 Å². The molecule has 0 aliphatic carbocycles. The van der Waals surface area contributed by atoms with Crippen LogP contribution in [-0.4, -0.2) is 37.7 Å². The Kier molecular flexibility index (Phi) is 3.73. The van der Waals surface area contributed by atoms with Crippen molar-refractivity contribution in [1.82, 2.24) is 4.98 Å². The molecule has 0 fully saturated rings. The van der Waals surface area contributed by atoms with Crippen LogP contribution in [0.15, 0.2) is 11.2 Å². The minimum Gasteiger partial charge on any atom is -0.491 e. The molecule has 6 heteroatoms. The third-order valence-corrected chi connectivity index (χ3v) is 1.75. The second-order valence-corrected chi connectivity index (χ2v) is 2.54. The molecule has 0 aliphatic rings. The van der Waals surface area contributed by atoms with Gasteiger partial charge in [-0.25, -0.2) is 0 Å². The van der Waals surface area contributed by atoms with Crippen molar-refractivity contribution < 1.29 is 19.4 Å². The number of ether oxygens (including phenoxy) is 3. The first kappa shape index (κ1) is 11.1. The molecule has 1 N–H and O–H groups in total. The summed E-state index contributed by atoms with van der Waals surface area (Å²) in [5.41, 5.74) is 0.498. The highest BCUT2D eigenvalue weighted by Gasteiger charge is 2.12. The van der Waals surface area contributed by atoms with Crippen molar-refractivity contribution in [1.29, 1.82) is 0 Å². The maximum absolute atomic E-state index is 8.44. The summed E-state index contributed by atoms with van der Waals surface area (Å²) in [6.45, 7) is 0. The molecule has 0 atom stereocenters.